The van der Waals surface area contributed by atoms with Gasteiger partial charge in [0.1, 0.15) is 0 Å². The smallest absolute Gasteiger partial charge is 0.0222 e. The lowest BCUT2D eigenvalue weighted by Crippen LogP contribution is -1.86. The van der Waals surface area contributed by atoms with E-state index in [1.807, 2.05) is 6.08 Å². The van der Waals surface area contributed by atoms with Gasteiger partial charge in [0.25, 0.3) is 0 Å². The summed E-state index contributed by atoms with van der Waals surface area (Å²) in [7, 11) is 0. The lowest BCUT2D eigenvalue weighted by molar-refractivity contribution is 1.13. The van der Waals surface area contributed by atoms with E-state index in [-0.39, 0.29) is 0 Å². The molecule has 0 atom stereocenters. The molecule has 14 heavy (non-hydrogen) atoms. The van der Waals surface area contributed by atoms with Gasteiger partial charge < -0.3 is 0 Å². The Bertz CT molecular complexity index is 356. The second-order valence-electron chi connectivity index (χ2n) is 3.64. The van der Waals surface area contributed by atoms with Crippen LogP contribution in [0.4, 0.5) is 0 Å². The van der Waals surface area contributed by atoms with Crippen molar-refractivity contribution in [2.45, 2.75) is 27.2 Å². The molecule has 0 unspecified atom stereocenters. The molecule has 0 fully saturated rings. The second-order valence-corrected chi connectivity index (χ2v) is 3.64. The van der Waals surface area contributed by atoms with Crippen LogP contribution >= 0.6 is 0 Å². The fourth-order valence-corrected chi connectivity index (χ4v) is 1.37. The highest BCUT2D eigenvalue weighted by atomic mass is 14.0. The molecule has 74 valence electrons. The van der Waals surface area contributed by atoms with E-state index in [1.165, 1.54) is 22.3 Å². The molecule has 0 N–H and O–H groups in total. The van der Waals surface area contributed by atoms with Crippen LogP contribution in [-0.2, 0) is 6.42 Å². The zero-order chi connectivity index (χ0) is 10.6. The molecule has 0 saturated carbocycles. The standard InChI is InChI=1S/C14H18/c1-5-11(3)9-14-10-13(6-2)8-7-12(14)4/h5,7-10H,1,6H2,2-4H3/b11-9-. The van der Waals surface area contributed by atoms with Crippen molar-refractivity contribution in [3.05, 3.63) is 53.1 Å². The maximum absolute atomic E-state index is 3.76. The Morgan fingerprint density at radius 2 is 2.14 bits per heavy atom. The Hall–Kier alpha value is -1.30. The average molecular weight is 186 g/mol. The summed E-state index contributed by atoms with van der Waals surface area (Å²) < 4.78 is 0. The quantitative estimate of drug-likeness (QED) is 0.622. The van der Waals surface area contributed by atoms with Crippen LogP contribution in [0, 0.1) is 6.92 Å². The third-order valence-corrected chi connectivity index (χ3v) is 2.46. The van der Waals surface area contributed by atoms with Crippen LogP contribution in [0.3, 0.4) is 0 Å². The van der Waals surface area contributed by atoms with E-state index >= 15 is 0 Å². The second kappa shape index (κ2) is 4.80. The highest BCUT2D eigenvalue weighted by Crippen LogP contribution is 2.15. The van der Waals surface area contributed by atoms with Gasteiger partial charge in [0.05, 0.1) is 0 Å². The highest BCUT2D eigenvalue weighted by Gasteiger charge is 1.96. The Labute approximate surface area is 87.0 Å². The molecule has 0 heteroatoms. The summed E-state index contributed by atoms with van der Waals surface area (Å²) in [5, 5.41) is 0. The van der Waals surface area contributed by atoms with Crippen molar-refractivity contribution in [1.82, 2.24) is 0 Å². The maximum atomic E-state index is 3.76. The molecule has 0 bridgehead atoms. The molecular formula is C14H18. The number of rotatable bonds is 3. The minimum absolute atomic E-state index is 1.09. The minimum atomic E-state index is 1.09. The van der Waals surface area contributed by atoms with Crippen molar-refractivity contribution in [3.63, 3.8) is 0 Å². The zero-order valence-corrected chi connectivity index (χ0v) is 9.30. The largest absolute Gasteiger partial charge is 0.0988 e. The molecule has 0 aliphatic rings. The summed E-state index contributed by atoms with van der Waals surface area (Å²) in [6.45, 7) is 10.2. The summed E-state index contributed by atoms with van der Waals surface area (Å²) in [6.07, 6.45) is 5.16. The summed E-state index contributed by atoms with van der Waals surface area (Å²) >= 11 is 0. The third kappa shape index (κ3) is 2.59. The van der Waals surface area contributed by atoms with Crippen LogP contribution in [0.25, 0.3) is 6.08 Å². The summed E-state index contributed by atoms with van der Waals surface area (Å²) in [5.74, 6) is 0. The van der Waals surface area contributed by atoms with E-state index in [9.17, 15) is 0 Å². The van der Waals surface area contributed by atoms with E-state index in [0.29, 0.717) is 0 Å². The van der Waals surface area contributed by atoms with Gasteiger partial charge in [0, 0.05) is 0 Å². The SMILES string of the molecule is C=C/C(C)=C\c1cc(CC)ccc1C. The maximum Gasteiger partial charge on any atom is -0.0222 e. The molecule has 0 radical (unpaired) electrons. The molecule has 0 amide bonds. The van der Waals surface area contributed by atoms with Gasteiger partial charge in [-0.3, -0.25) is 0 Å². The molecule has 0 spiro atoms. The molecule has 0 heterocycles. The average Bonchev–Trinajstić information content (AvgIpc) is 2.21. The first kappa shape index (κ1) is 10.8. The predicted molar refractivity (Wildman–Crippen MR) is 64.4 cm³/mol. The fraction of sp³-hybridized carbons (Fsp3) is 0.286. The molecule has 0 saturated heterocycles. The Kier molecular flexibility index (Phi) is 3.70. The molecule has 0 aromatic heterocycles. The normalized spacial score (nSPS) is 11.5. The summed E-state index contributed by atoms with van der Waals surface area (Å²) in [4.78, 5) is 0. The van der Waals surface area contributed by atoms with E-state index in [4.69, 9.17) is 0 Å². The van der Waals surface area contributed by atoms with E-state index in [2.05, 4.69) is 51.6 Å². The van der Waals surface area contributed by atoms with Crippen molar-refractivity contribution in [3.8, 4) is 0 Å². The van der Waals surface area contributed by atoms with Crippen LogP contribution in [-0.4, -0.2) is 0 Å². The van der Waals surface area contributed by atoms with Gasteiger partial charge in [-0.05, 0) is 37.0 Å². The lowest BCUT2D eigenvalue weighted by atomic mass is 10.0. The first-order valence-electron chi connectivity index (χ1n) is 5.07. The third-order valence-electron chi connectivity index (χ3n) is 2.46. The molecule has 1 aromatic carbocycles. The first-order chi connectivity index (χ1) is 6.67. The predicted octanol–water partition coefficient (Wildman–Crippen LogP) is 4.15. The van der Waals surface area contributed by atoms with Crippen molar-refractivity contribution >= 4 is 6.08 Å². The number of allylic oxidation sites excluding steroid dienone is 2. The van der Waals surface area contributed by atoms with Crippen LogP contribution in [0.15, 0.2) is 36.4 Å². The van der Waals surface area contributed by atoms with Gasteiger partial charge in [0.2, 0.25) is 0 Å². The van der Waals surface area contributed by atoms with Gasteiger partial charge in [-0.2, -0.15) is 0 Å². The van der Waals surface area contributed by atoms with Crippen molar-refractivity contribution in [2.24, 2.45) is 0 Å². The van der Waals surface area contributed by atoms with E-state index < -0.39 is 0 Å². The van der Waals surface area contributed by atoms with Gasteiger partial charge in [0.15, 0.2) is 0 Å². The van der Waals surface area contributed by atoms with Crippen LogP contribution in [0.1, 0.15) is 30.5 Å². The molecular weight excluding hydrogens is 168 g/mol. The molecule has 0 nitrogen and oxygen atoms in total. The van der Waals surface area contributed by atoms with Crippen LogP contribution in [0.5, 0.6) is 0 Å². The monoisotopic (exact) mass is 186 g/mol. The molecule has 0 aliphatic carbocycles. The topological polar surface area (TPSA) is 0 Å². The van der Waals surface area contributed by atoms with Gasteiger partial charge in [-0.25, -0.2) is 0 Å². The number of hydrogen-bond donors (Lipinski definition) is 0. The molecule has 1 rings (SSSR count). The van der Waals surface area contributed by atoms with Crippen molar-refractivity contribution < 1.29 is 0 Å². The Morgan fingerprint density at radius 1 is 1.43 bits per heavy atom. The zero-order valence-electron chi connectivity index (χ0n) is 9.30. The first-order valence-corrected chi connectivity index (χ1v) is 5.07. The van der Waals surface area contributed by atoms with Gasteiger partial charge in [-0.15, -0.1) is 0 Å². The molecule has 0 aliphatic heterocycles. The van der Waals surface area contributed by atoms with Crippen LogP contribution in [0.2, 0.25) is 0 Å². The van der Waals surface area contributed by atoms with E-state index in [0.717, 1.165) is 6.42 Å². The van der Waals surface area contributed by atoms with Crippen LogP contribution < -0.4 is 0 Å². The lowest BCUT2D eigenvalue weighted by Gasteiger charge is -2.04. The van der Waals surface area contributed by atoms with Crippen molar-refractivity contribution in [2.75, 3.05) is 0 Å². The molecule has 1 aromatic rings. The Balaban J connectivity index is 3.12. The van der Waals surface area contributed by atoms with Gasteiger partial charge in [-0.1, -0.05) is 49.4 Å². The number of hydrogen-bond acceptors (Lipinski definition) is 0. The van der Waals surface area contributed by atoms with Crippen molar-refractivity contribution in [1.29, 1.82) is 0 Å². The Morgan fingerprint density at radius 3 is 2.71 bits per heavy atom. The summed E-state index contributed by atoms with van der Waals surface area (Å²) in [5.41, 5.74) is 5.23. The summed E-state index contributed by atoms with van der Waals surface area (Å²) in [6, 6.07) is 6.62. The minimum Gasteiger partial charge on any atom is -0.0988 e. The fourth-order valence-electron chi connectivity index (χ4n) is 1.37. The van der Waals surface area contributed by atoms with E-state index in [1.54, 1.807) is 0 Å². The van der Waals surface area contributed by atoms with Gasteiger partial charge >= 0.3 is 0 Å². The number of benzene rings is 1. The number of aryl methyl sites for hydroxylation is 2. The highest BCUT2D eigenvalue weighted by molar-refractivity contribution is 5.59.